The van der Waals surface area contributed by atoms with Crippen LogP contribution in [0.15, 0.2) is 48.5 Å². The molecule has 0 aliphatic rings. The third-order valence-electron chi connectivity index (χ3n) is 2.79. The number of amides is 1. The molecule has 2 aromatic rings. The molecule has 4 heteroatoms. The standard InChI is InChI=1S/C16H11N3O/c17-9-12-4-6-15(7-5-12)16(20)19-11-14-3-1-2-13(8-14)10-18/h1-8H,11H2,(H,19,20). The van der Waals surface area contributed by atoms with Crippen LogP contribution < -0.4 is 5.32 Å². The largest absolute Gasteiger partial charge is 0.348 e. The molecule has 0 fully saturated rings. The van der Waals surface area contributed by atoms with Crippen molar-refractivity contribution in [2.24, 2.45) is 0 Å². The molecule has 0 unspecified atom stereocenters. The van der Waals surface area contributed by atoms with Crippen molar-refractivity contribution in [1.29, 1.82) is 10.5 Å². The lowest BCUT2D eigenvalue weighted by molar-refractivity contribution is 0.0951. The van der Waals surface area contributed by atoms with Crippen molar-refractivity contribution in [1.82, 2.24) is 5.32 Å². The van der Waals surface area contributed by atoms with Gasteiger partial charge in [0.25, 0.3) is 5.91 Å². The molecule has 0 bridgehead atoms. The Labute approximate surface area is 116 Å². The first-order valence-electron chi connectivity index (χ1n) is 6.00. The number of nitriles is 2. The molecule has 0 aliphatic heterocycles. The van der Waals surface area contributed by atoms with Crippen molar-refractivity contribution < 1.29 is 4.79 Å². The Morgan fingerprint density at radius 2 is 1.70 bits per heavy atom. The van der Waals surface area contributed by atoms with Gasteiger partial charge in [-0.2, -0.15) is 10.5 Å². The Hall–Kier alpha value is -3.11. The van der Waals surface area contributed by atoms with Crippen LogP contribution in [0.5, 0.6) is 0 Å². The van der Waals surface area contributed by atoms with Crippen molar-refractivity contribution >= 4 is 5.91 Å². The van der Waals surface area contributed by atoms with E-state index in [9.17, 15) is 4.79 Å². The van der Waals surface area contributed by atoms with Crippen LogP contribution in [0, 0.1) is 22.7 Å². The third-order valence-corrected chi connectivity index (χ3v) is 2.79. The topological polar surface area (TPSA) is 76.7 Å². The first-order chi connectivity index (χ1) is 9.72. The summed E-state index contributed by atoms with van der Waals surface area (Å²) in [5.74, 6) is -0.211. The molecule has 0 heterocycles. The van der Waals surface area contributed by atoms with Gasteiger partial charge in [-0.05, 0) is 42.0 Å². The number of hydrogen-bond acceptors (Lipinski definition) is 3. The van der Waals surface area contributed by atoms with Gasteiger partial charge in [-0.3, -0.25) is 4.79 Å². The fourth-order valence-corrected chi connectivity index (χ4v) is 1.73. The van der Waals surface area contributed by atoms with Crippen LogP contribution >= 0.6 is 0 Å². The highest BCUT2D eigenvalue weighted by atomic mass is 16.1. The lowest BCUT2D eigenvalue weighted by Gasteiger charge is -2.05. The molecule has 20 heavy (non-hydrogen) atoms. The van der Waals surface area contributed by atoms with Gasteiger partial charge in [0.1, 0.15) is 0 Å². The number of carbonyl (C=O) groups excluding carboxylic acids is 1. The van der Waals surface area contributed by atoms with E-state index in [-0.39, 0.29) is 5.91 Å². The SMILES string of the molecule is N#Cc1ccc(C(=O)NCc2cccc(C#N)c2)cc1. The minimum atomic E-state index is -0.211. The van der Waals surface area contributed by atoms with Gasteiger partial charge in [0.2, 0.25) is 0 Å². The number of rotatable bonds is 3. The summed E-state index contributed by atoms with van der Waals surface area (Å²) in [6.07, 6.45) is 0. The maximum absolute atomic E-state index is 11.9. The summed E-state index contributed by atoms with van der Waals surface area (Å²) in [4.78, 5) is 11.9. The Morgan fingerprint density at radius 3 is 2.35 bits per heavy atom. The zero-order chi connectivity index (χ0) is 14.4. The summed E-state index contributed by atoms with van der Waals surface area (Å²) < 4.78 is 0. The maximum Gasteiger partial charge on any atom is 0.251 e. The molecule has 0 saturated carbocycles. The molecule has 0 aliphatic carbocycles. The number of nitrogens with zero attached hydrogens (tertiary/aromatic N) is 2. The van der Waals surface area contributed by atoms with Crippen LogP contribution in [0.3, 0.4) is 0 Å². The van der Waals surface area contributed by atoms with E-state index in [0.717, 1.165) is 5.56 Å². The molecule has 0 spiro atoms. The molecule has 0 radical (unpaired) electrons. The minimum Gasteiger partial charge on any atom is -0.348 e. The van der Waals surface area contributed by atoms with Gasteiger partial charge in [-0.25, -0.2) is 0 Å². The van der Waals surface area contributed by atoms with Gasteiger partial charge in [0, 0.05) is 12.1 Å². The summed E-state index contributed by atoms with van der Waals surface area (Å²) in [5.41, 5.74) is 2.45. The van der Waals surface area contributed by atoms with Crippen molar-refractivity contribution in [2.45, 2.75) is 6.54 Å². The Bertz CT molecular complexity index is 706. The number of nitrogens with one attached hydrogen (secondary N) is 1. The van der Waals surface area contributed by atoms with Gasteiger partial charge >= 0.3 is 0 Å². The quantitative estimate of drug-likeness (QED) is 0.921. The summed E-state index contributed by atoms with van der Waals surface area (Å²) in [6, 6.07) is 17.6. The predicted octanol–water partition coefficient (Wildman–Crippen LogP) is 2.36. The van der Waals surface area contributed by atoms with Gasteiger partial charge in [0.05, 0.1) is 23.3 Å². The Balaban J connectivity index is 2.01. The molecule has 96 valence electrons. The second-order valence-electron chi connectivity index (χ2n) is 4.18. The highest BCUT2D eigenvalue weighted by molar-refractivity contribution is 5.94. The predicted molar refractivity (Wildman–Crippen MR) is 73.5 cm³/mol. The zero-order valence-electron chi connectivity index (χ0n) is 10.6. The molecule has 2 aromatic carbocycles. The minimum absolute atomic E-state index is 0.211. The molecule has 0 atom stereocenters. The third kappa shape index (κ3) is 3.22. The average Bonchev–Trinajstić information content (AvgIpc) is 2.53. The number of benzene rings is 2. The van der Waals surface area contributed by atoms with E-state index in [1.54, 1.807) is 42.5 Å². The highest BCUT2D eigenvalue weighted by Crippen LogP contribution is 2.06. The fraction of sp³-hybridized carbons (Fsp3) is 0.0625. The first kappa shape index (κ1) is 13.3. The Kier molecular flexibility index (Phi) is 4.11. The van der Waals surface area contributed by atoms with E-state index < -0.39 is 0 Å². The van der Waals surface area contributed by atoms with Gasteiger partial charge in [-0.1, -0.05) is 12.1 Å². The van der Waals surface area contributed by atoms with E-state index in [1.807, 2.05) is 12.1 Å². The number of hydrogen-bond donors (Lipinski definition) is 1. The summed E-state index contributed by atoms with van der Waals surface area (Å²) in [6.45, 7) is 0.356. The van der Waals surface area contributed by atoms with Crippen LogP contribution in [0.4, 0.5) is 0 Å². The second-order valence-corrected chi connectivity index (χ2v) is 4.18. The van der Waals surface area contributed by atoms with E-state index in [0.29, 0.717) is 23.2 Å². The van der Waals surface area contributed by atoms with Crippen molar-refractivity contribution in [3.63, 3.8) is 0 Å². The van der Waals surface area contributed by atoms with E-state index in [4.69, 9.17) is 10.5 Å². The zero-order valence-corrected chi connectivity index (χ0v) is 10.6. The van der Waals surface area contributed by atoms with Crippen LogP contribution in [-0.4, -0.2) is 5.91 Å². The molecular weight excluding hydrogens is 250 g/mol. The second kappa shape index (κ2) is 6.17. The smallest absolute Gasteiger partial charge is 0.251 e. The fourth-order valence-electron chi connectivity index (χ4n) is 1.73. The normalized spacial score (nSPS) is 9.30. The number of carbonyl (C=O) groups is 1. The van der Waals surface area contributed by atoms with Crippen LogP contribution in [0.2, 0.25) is 0 Å². The summed E-state index contributed by atoms with van der Waals surface area (Å²) >= 11 is 0. The molecule has 0 saturated heterocycles. The highest BCUT2D eigenvalue weighted by Gasteiger charge is 2.05. The van der Waals surface area contributed by atoms with Gasteiger partial charge in [0.15, 0.2) is 0 Å². The van der Waals surface area contributed by atoms with Crippen LogP contribution in [0.25, 0.3) is 0 Å². The van der Waals surface area contributed by atoms with E-state index in [1.165, 1.54) is 0 Å². The van der Waals surface area contributed by atoms with Crippen LogP contribution in [-0.2, 0) is 6.54 Å². The molecular formula is C16H11N3O. The Morgan fingerprint density at radius 1 is 1.00 bits per heavy atom. The first-order valence-corrected chi connectivity index (χ1v) is 6.00. The van der Waals surface area contributed by atoms with Crippen molar-refractivity contribution in [2.75, 3.05) is 0 Å². The van der Waals surface area contributed by atoms with Gasteiger partial charge in [-0.15, -0.1) is 0 Å². The molecule has 0 aromatic heterocycles. The maximum atomic E-state index is 11.9. The van der Waals surface area contributed by atoms with Crippen molar-refractivity contribution in [3.05, 3.63) is 70.8 Å². The molecule has 4 nitrogen and oxygen atoms in total. The average molecular weight is 261 g/mol. The summed E-state index contributed by atoms with van der Waals surface area (Å²) in [5, 5.41) is 20.3. The monoisotopic (exact) mass is 261 g/mol. The molecule has 1 N–H and O–H groups in total. The van der Waals surface area contributed by atoms with Gasteiger partial charge < -0.3 is 5.32 Å². The summed E-state index contributed by atoms with van der Waals surface area (Å²) in [7, 11) is 0. The molecule has 2 rings (SSSR count). The van der Waals surface area contributed by atoms with E-state index >= 15 is 0 Å². The molecule has 1 amide bonds. The van der Waals surface area contributed by atoms with Crippen molar-refractivity contribution in [3.8, 4) is 12.1 Å². The van der Waals surface area contributed by atoms with E-state index in [2.05, 4.69) is 11.4 Å². The lowest BCUT2D eigenvalue weighted by Crippen LogP contribution is -2.22. The van der Waals surface area contributed by atoms with Crippen LogP contribution in [0.1, 0.15) is 27.0 Å². The lowest BCUT2D eigenvalue weighted by atomic mass is 10.1.